The van der Waals surface area contributed by atoms with Crippen molar-refractivity contribution >= 4 is 63.1 Å². The molecule has 2 amide bonds. The fourth-order valence-electron chi connectivity index (χ4n) is 2.87. The van der Waals surface area contributed by atoms with Crippen LogP contribution in [0.15, 0.2) is 39.9 Å². The predicted molar refractivity (Wildman–Crippen MR) is 137 cm³/mol. The van der Waals surface area contributed by atoms with Crippen molar-refractivity contribution in [3.8, 4) is 11.5 Å². The Kier molecular flexibility index (Phi) is 10.8. The Labute approximate surface area is 220 Å². The van der Waals surface area contributed by atoms with Gasteiger partial charge in [-0.3, -0.25) is 9.59 Å². The molecule has 0 fully saturated rings. The summed E-state index contributed by atoms with van der Waals surface area (Å²) in [5.41, 5.74) is 3.15. The molecule has 12 heteroatoms. The van der Waals surface area contributed by atoms with Crippen LogP contribution in [-0.2, 0) is 9.59 Å². The van der Waals surface area contributed by atoms with Gasteiger partial charge in [-0.15, -0.1) is 0 Å². The van der Waals surface area contributed by atoms with Gasteiger partial charge >= 0.3 is 5.97 Å². The lowest BCUT2D eigenvalue weighted by atomic mass is 10.0. The molecule has 0 spiro atoms. The number of carbonyl (C=O) groups excluding carboxylic acids is 2. The van der Waals surface area contributed by atoms with Crippen LogP contribution in [0.3, 0.4) is 0 Å². The minimum absolute atomic E-state index is 0.169. The first-order valence-corrected chi connectivity index (χ1v) is 12.0. The molecular weight excluding hydrogens is 565 g/mol. The van der Waals surface area contributed by atoms with Crippen molar-refractivity contribution in [2.75, 3.05) is 13.2 Å². The smallest absolute Gasteiger partial charge is 0.341 e. The van der Waals surface area contributed by atoms with E-state index in [1.54, 1.807) is 32.9 Å². The molecule has 2 aromatic carbocycles. The Morgan fingerprint density at radius 2 is 1.89 bits per heavy atom. The first-order chi connectivity index (χ1) is 16.5. The van der Waals surface area contributed by atoms with E-state index in [4.69, 9.17) is 37.8 Å². The van der Waals surface area contributed by atoms with E-state index in [2.05, 4.69) is 31.8 Å². The number of rotatable bonds is 11. The highest BCUT2D eigenvalue weighted by molar-refractivity contribution is 9.10. The van der Waals surface area contributed by atoms with E-state index in [0.29, 0.717) is 27.4 Å². The lowest BCUT2D eigenvalue weighted by Crippen LogP contribution is -2.48. The number of nitrogens with one attached hydrogen (secondary N) is 2. The Bertz CT molecular complexity index is 1130. The van der Waals surface area contributed by atoms with Gasteiger partial charge < -0.3 is 19.9 Å². The number of carboxylic acid groups (broad SMARTS) is 1. The van der Waals surface area contributed by atoms with E-state index in [-0.39, 0.29) is 22.3 Å². The number of carbonyl (C=O) groups is 3. The van der Waals surface area contributed by atoms with Crippen LogP contribution in [0.25, 0.3) is 0 Å². The van der Waals surface area contributed by atoms with Gasteiger partial charge in [-0.1, -0.05) is 37.0 Å². The summed E-state index contributed by atoms with van der Waals surface area (Å²) in [7, 11) is 0. The van der Waals surface area contributed by atoms with E-state index < -0.39 is 30.4 Å². The summed E-state index contributed by atoms with van der Waals surface area (Å²) in [6, 6.07) is 6.78. The molecule has 9 nitrogen and oxygen atoms in total. The maximum absolute atomic E-state index is 12.7. The van der Waals surface area contributed by atoms with E-state index in [0.717, 1.165) is 0 Å². The van der Waals surface area contributed by atoms with Crippen LogP contribution in [-0.4, -0.2) is 48.4 Å². The van der Waals surface area contributed by atoms with Crippen LogP contribution < -0.4 is 20.2 Å². The zero-order chi connectivity index (χ0) is 26.1. The number of amides is 2. The molecule has 0 bridgehead atoms. The van der Waals surface area contributed by atoms with Crippen molar-refractivity contribution < 1.29 is 29.0 Å². The van der Waals surface area contributed by atoms with Crippen molar-refractivity contribution in [3.05, 3.63) is 56.0 Å². The molecule has 0 aliphatic carbocycles. The van der Waals surface area contributed by atoms with E-state index in [1.165, 1.54) is 24.4 Å². The summed E-state index contributed by atoms with van der Waals surface area (Å²) in [6.45, 7) is 5.11. The number of hydrogen-bond acceptors (Lipinski definition) is 6. The van der Waals surface area contributed by atoms with Gasteiger partial charge in [0.05, 0.1) is 27.9 Å². The number of hydrazone groups is 1. The molecule has 35 heavy (non-hydrogen) atoms. The number of aliphatic carboxylic acids is 1. The Morgan fingerprint density at radius 3 is 2.49 bits per heavy atom. The number of benzene rings is 2. The molecule has 0 saturated carbocycles. The minimum atomic E-state index is -1.13. The van der Waals surface area contributed by atoms with E-state index >= 15 is 0 Å². The van der Waals surface area contributed by atoms with Crippen LogP contribution >= 0.6 is 39.1 Å². The first-order valence-electron chi connectivity index (χ1n) is 10.4. The fraction of sp³-hybridized carbons (Fsp3) is 0.304. The molecule has 2 aromatic rings. The Hall–Kier alpha value is -2.82. The number of ether oxygens (including phenoxy) is 2. The third-order valence-electron chi connectivity index (χ3n) is 4.47. The highest BCUT2D eigenvalue weighted by Gasteiger charge is 2.25. The lowest BCUT2D eigenvalue weighted by molar-refractivity contribution is -0.139. The summed E-state index contributed by atoms with van der Waals surface area (Å²) >= 11 is 15.3. The van der Waals surface area contributed by atoms with Crippen LogP contribution in [0.5, 0.6) is 11.5 Å². The van der Waals surface area contributed by atoms with Gasteiger partial charge in [-0.05, 0) is 64.7 Å². The molecule has 2 rings (SSSR count). The van der Waals surface area contributed by atoms with Crippen molar-refractivity contribution in [3.63, 3.8) is 0 Å². The predicted octanol–water partition coefficient (Wildman–Crippen LogP) is 4.52. The normalized spacial score (nSPS) is 11.9. The zero-order valence-electron chi connectivity index (χ0n) is 19.1. The number of nitrogens with zero attached hydrogens (tertiary/aromatic N) is 1. The van der Waals surface area contributed by atoms with Gasteiger partial charge in [0.15, 0.2) is 18.1 Å². The third-order valence-corrected chi connectivity index (χ3v) is 5.61. The summed E-state index contributed by atoms with van der Waals surface area (Å²) in [5.74, 6) is -1.88. The molecule has 3 N–H and O–H groups in total. The average molecular weight is 589 g/mol. The standard InChI is InChI=1S/C23H24BrCl2N3O6/c1-4-34-18-8-13(7-16(24)21(18)35-11-19(30)31)10-27-29-23(33)20(12(2)3)28-22(32)15-6-5-14(25)9-17(15)26/h5-10,12,20H,4,11H2,1-3H3,(H,28,32)(H,29,33)(H,30,31). The van der Waals surface area contributed by atoms with Crippen LogP contribution in [0.4, 0.5) is 0 Å². The second-order valence-electron chi connectivity index (χ2n) is 7.50. The number of halogens is 3. The molecule has 0 radical (unpaired) electrons. The largest absolute Gasteiger partial charge is 0.490 e. The highest BCUT2D eigenvalue weighted by atomic mass is 79.9. The number of hydrogen-bond donors (Lipinski definition) is 3. The van der Waals surface area contributed by atoms with Gasteiger partial charge in [0.2, 0.25) is 0 Å². The van der Waals surface area contributed by atoms with Gasteiger partial charge in [-0.25, -0.2) is 10.2 Å². The fourth-order valence-corrected chi connectivity index (χ4v) is 3.94. The monoisotopic (exact) mass is 587 g/mol. The van der Waals surface area contributed by atoms with Gasteiger partial charge in [0, 0.05) is 5.02 Å². The van der Waals surface area contributed by atoms with Crippen molar-refractivity contribution in [1.82, 2.24) is 10.7 Å². The topological polar surface area (TPSA) is 126 Å². The summed E-state index contributed by atoms with van der Waals surface area (Å²) in [4.78, 5) is 36.2. The van der Waals surface area contributed by atoms with E-state index in [1.807, 2.05) is 0 Å². The molecular formula is C23H24BrCl2N3O6. The van der Waals surface area contributed by atoms with Gasteiger partial charge in [-0.2, -0.15) is 5.10 Å². The highest BCUT2D eigenvalue weighted by Crippen LogP contribution is 2.36. The molecule has 0 aromatic heterocycles. The molecule has 0 heterocycles. The van der Waals surface area contributed by atoms with Crippen LogP contribution in [0, 0.1) is 5.92 Å². The molecule has 188 valence electrons. The first kappa shape index (κ1) is 28.4. The molecule has 0 saturated heterocycles. The van der Waals surface area contributed by atoms with Crippen LogP contribution in [0.2, 0.25) is 10.0 Å². The summed E-state index contributed by atoms with van der Waals surface area (Å²) in [6.07, 6.45) is 1.38. The maximum Gasteiger partial charge on any atom is 0.341 e. The van der Waals surface area contributed by atoms with Crippen molar-refractivity contribution in [2.24, 2.45) is 11.0 Å². The Balaban J connectivity index is 2.13. The van der Waals surface area contributed by atoms with Crippen molar-refractivity contribution in [2.45, 2.75) is 26.8 Å². The molecule has 0 aliphatic heterocycles. The quantitative estimate of drug-likeness (QED) is 0.262. The second-order valence-corrected chi connectivity index (χ2v) is 9.20. The average Bonchev–Trinajstić information content (AvgIpc) is 2.76. The van der Waals surface area contributed by atoms with Crippen LogP contribution in [0.1, 0.15) is 36.7 Å². The minimum Gasteiger partial charge on any atom is -0.490 e. The zero-order valence-corrected chi connectivity index (χ0v) is 22.2. The summed E-state index contributed by atoms with van der Waals surface area (Å²) < 4.78 is 11.3. The molecule has 1 atom stereocenters. The van der Waals surface area contributed by atoms with E-state index in [9.17, 15) is 14.4 Å². The molecule has 0 aliphatic rings. The van der Waals surface area contributed by atoms with Crippen molar-refractivity contribution in [1.29, 1.82) is 0 Å². The molecule has 1 unspecified atom stereocenters. The number of carboxylic acids is 1. The van der Waals surface area contributed by atoms with Gasteiger partial charge in [0.1, 0.15) is 6.04 Å². The third kappa shape index (κ3) is 8.41. The lowest BCUT2D eigenvalue weighted by Gasteiger charge is -2.20. The van der Waals surface area contributed by atoms with Gasteiger partial charge in [0.25, 0.3) is 11.8 Å². The SMILES string of the molecule is CCOc1cc(C=NNC(=O)C(NC(=O)c2ccc(Cl)cc2Cl)C(C)C)cc(Br)c1OCC(=O)O. The summed E-state index contributed by atoms with van der Waals surface area (Å²) in [5, 5.41) is 16.0. The Morgan fingerprint density at radius 1 is 1.17 bits per heavy atom. The maximum atomic E-state index is 12.7. The second kappa shape index (κ2) is 13.3.